The van der Waals surface area contributed by atoms with E-state index in [1.165, 1.54) is 0 Å². The molecule has 0 bridgehead atoms. The number of nitrogens with one attached hydrogen (secondary N) is 2. The lowest BCUT2D eigenvalue weighted by atomic mass is 10.2. The number of imidazole rings is 1. The molecule has 0 unspecified atom stereocenters. The summed E-state index contributed by atoms with van der Waals surface area (Å²) in [5.74, 6) is 2.46. The number of methoxy groups -OCH3 is 1. The minimum absolute atomic E-state index is 0.488. The zero-order valence-corrected chi connectivity index (χ0v) is 11.2. The number of hydrogen-bond donors (Lipinski definition) is 3. The van der Waals surface area contributed by atoms with Gasteiger partial charge in [0.05, 0.1) is 12.8 Å². The van der Waals surface area contributed by atoms with Crippen LogP contribution in [0.3, 0.4) is 0 Å². The van der Waals surface area contributed by atoms with Crippen LogP contribution in [-0.2, 0) is 0 Å². The number of benzene rings is 1. The van der Waals surface area contributed by atoms with E-state index in [1.54, 1.807) is 13.2 Å². The molecule has 2 rings (SSSR count). The summed E-state index contributed by atoms with van der Waals surface area (Å²) in [4.78, 5) is 7.18. The number of nitrogen functional groups attached to an aromatic ring is 1. The van der Waals surface area contributed by atoms with Crippen molar-refractivity contribution in [3.05, 3.63) is 28.5 Å². The Morgan fingerprint density at radius 2 is 2.11 bits per heavy atom. The summed E-state index contributed by atoms with van der Waals surface area (Å²) in [6.07, 6.45) is 0. The van der Waals surface area contributed by atoms with E-state index >= 15 is 0 Å². The molecule has 0 atom stereocenters. The average molecular weight is 267 g/mol. The first-order chi connectivity index (χ1) is 8.51. The second-order valence-corrected chi connectivity index (χ2v) is 4.42. The van der Waals surface area contributed by atoms with Crippen LogP contribution in [0.15, 0.2) is 12.1 Å². The van der Waals surface area contributed by atoms with Gasteiger partial charge in [0.15, 0.2) is 5.82 Å². The number of aromatic amines is 1. The summed E-state index contributed by atoms with van der Waals surface area (Å²) in [5, 5.41) is 3.79. The predicted molar refractivity (Wildman–Crippen MR) is 73.8 cm³/mol. The molecule has 0 fully saturated rings. The topological polar surface area (TPSA) is 76.0 Å². The molecule has 18 heavy (non-hydrogen) atoms. The Labute approximate surface area is 110 Å². The summed E-state index contributed by atoms with van der Waals surface area (Å²) in [6, 6.07) is 3.65. The number of aryl methyl sites for hydroxylation is 2. The molecule has 4 N–H and O–H groups in total. The number of aromatic nitrogens is 2. The van der Waals surface area contributed by atoms with Crippen molar-refractivity contribution in [2.24, 2.45) is 0 Å². The molecular formula is C12H15ClN4O. The van der Waals surface area contributed by atoms with Gasteiger partial charge in [-0.3, -0.25) is 0 Å². The maximum atomic E-state index is 6.05. The Kier molecular flexibility index (Phi) is 3.34. The van der Waals surface area contributed by atoms with E-state index in [4.69, 9.17) is 22.1 Å². The van der Waals surface area contributed by atoms with Gasteiger partial charge in [-0.15, -0.1) is 0 Å². The molecule has 0 aliphatic carbocycles. The molecule has 0 aliphatic rings. The van der Waals surface area contributed by atoms with Gasteiger partial charge >= 0.3 is 0 Å². The van der Waals surface area contributed by atoms with Crippen molar-refractivity contribution in [2.45, 2.75) is 13.8 Å². The van der Waals surface area contributed by atoms with Crippen molar-refractivity contribution in [3.63, 3.8) is 0 Å². The zero-order chi connectivity index (χ0) is 13.3. The van der Waals surface area contributed by atoms with Gasteiger partial charge in [-0.2, -0.15) is 0 Å². The fourth-order valence-corrected chi connectivity index (χ4v) is 1.82. The quantitative estimate of drug-likeness (QED) is 0.798. The van der Waals surface area contributed by atoms with Crippen molar-refractivity contribution in [2.75, 3.05) is 18.2 Å². The largest absolute Gasteiger partial charge is 0.495 e. The lowest BCUT2D eigenvalue weighted by molar-refractivity contribution is 0.416. The number of rotatable bonds is 3. The zero-order valence-electron chi connectivity index (χ0n) is 10.5. The minimum atomic E-state index is 0.488. The predicted octanol–water partition coefficient (Wildman–Crippen LogP) is 3.01. The lowest BCUT2D eigenvalue weighted by Gasteiger charge is -2.12. The number of ether oxygens (including phenoxy) is 1. The van der Waals surface area contributed by atoms with E-state index in [2.05, 4.69) is 15.3 Å². The number of H-pyrrole nitrogens is 1. The second kappa shape index (κ2) is 4.78. The SMILES string of the molecule is COc1cc(Cl)c(C)cc1Nc1nc(C)[nH]c1N. The van der Waals surface area contributed by atoms with Crippen molar-refractivity contribution in [1.29, 1.82) is 0 Å². The van der Waals surface area contributed by atoms with Gasteiger partial charge in [-0.25, -0.2) is 4.98 Å². The van der Waals surface area contributed by atoms with Crippen molar-refractivity contribution in [3.8, 4) is 5.75 Å². The molecule has 1 aromatic carbocycles. The smallest absolute Gasteiger partial charge is 0.173 e. The van der Waals surface area contributed by atoms with Crippen LogP contribution >= 0.6 is 11.6 Å². The van der Waals surface area contributed by atoms with E-state index in [0.717, 1.165) is 17.1 Å². The molecule has 2 aromatic rings. The molecule has 0 radical (unpaired) electrons. The highest BCUT2D eigenvalue weighted by molar-refractivity contribution is 6.31. The first-order valence-electron chi connectivity index (χ1n) is 5.44. The molecule has 1 aromatic heterocycles. The fourth-order valence-electron chi connectivity index (χ4n) is 1.66. The highest BCUT2D eigenvalue weighted by Crippen LogP contribution is 2.33. The number of halogens is 1. The first-order valence-corrected chi connectivity index (χ1v) is 5.82. The molecule has 5 nitrogen and oxygen atoms in total. The van der Waals surface area contributed by atoms with Gasteiger partial charge in [0.2, 0.25) is 0 Å². The van der Waals surface area contributed by atoms with Crippen LogP contribution in [0.1, 0.15) is 11.4 Å². The van der Waals surface area contributed by atoms with E-state index in [0.29, 0.717) is 22.4 Å². The van der Waals surface area contributed by atoms with E-state index in [9.17, 15) is 0 Å². The summed E-state index contributed by atoms with van der Waals surface area (Å²) in [6.45, 7) is 3.76. The Morgan fingerprint density at radius 3 is 2.67 bits per heavy atom. The number of nitrogens with zero attached hydrogens (tertiary/aromatic N) is 1. The van der Waals surface area contributed by atoms with Crippen LogP contribution in [0.4, 0.5) is 17.3 Å². The maximum absolute atomic E-state index is 6.05. The molecule has 0 spiro atoms. The maximum Gasteiger partial charge on any atom is 0.173 e. The Morgan fingerprint density at radius 1 is 1.39 bits per heavy atom. The third-order valence-corrected chi connectivity index (χ3v) is 2.99. The van der Waals surface area contributed by atoms with E-state index < -0.39 is 0 Å². The van der Waals surface area contributed by atoms with Crippen molar-refractivity contribution in [1.82, 2.24) is 9.97 Å². The second-order valence-electron chi connectivity index (χ2n) is 4.01. The van der Waals surface area contributed by atoms with Crippen LogP contribution in [0.2, 0.25) is 5.02 Å². The van der Waals surface area contributed by atoms with Gasteiger partial charge in [0, 0.05) is 11.1 Å². The summed E-state index contributed by atoms with van der Waals surface area (Å²) < 4.78 is 5.27. The Hall–Kier alpha value is -1.88. The van der Waals surface area contributed by atoms with Crippen LogP contribution in [0.25, 0.3) is 0 Å². The molecule has 96 valence electrons. The fraction of sp³-hybridized carbons (Fsp3) is 0.250. The van der Waals surface area contributed by atoms with Crippen LogP contribution in [-0.4, -0.2) is 17.1 Å². The Bertz CT molecular complexity index is 580. The molecule has 0 saturated carbocycles. The number of hydrogen-bond acceptors (Lipinski definition) is 4. The standard InChI is InChI=1S/C12H15ClN4O/c1-6-4-9(10(18-3)5-8(6)13)17-12-11(14)15-7(2)16-12/h4-5,17H,14H2,1-3H3,(H,15,16). The summed E-state index contributed by atoms with van der Waals surface area (Å²) in [5.41, 5.74) is 7.53. The highest BCUT2D eigenvalue weighted by Gasteiger charge is 2.10. The molecule has 6 heteroatoms. The summed E-state index contributed by atoms with van der Waals surface area (Å²) in [7, 11) is 1.59. The highest BCUT2D eigenvalue weighted by atomic mass is 35.5. The lowest BCUT2D eigenvalue weighted by Crippen LogP contribution is -1.98. The van der Waals surface area contributed by atoms with Gasteiger partial charge in [0.25, 0.3) is 0 Å². The molecule has 0 aliphatic heterocycles. The number of nitrogens with two attached hydrogens (primary N) is 1. The molecule has 1 heterocycles. The van der Waals surface area contributed by atoms with Gasteiger partial charge < -0.3 is 20.8 Å². The van der Waals surface area contributed by atoms with E-state index in [-0.39, 0.29) is 0 Å². The van der Waals surface area contributed by atoms with Gasteiger partial charge in [0.1, 0.15) is 17.4 Å². The minimum Gasteiger partial charge on any atom is -0.495 e. The third-order valence-electron chi connectivity index (χ3n) is 2.58. The normalized spacial score (nSPS) is 10.4. The Balaban J connectivity index is 2.39. The van der Waals surface area contributed by atoms with Crippen molar-refractivity contribution >= 4 is 28.9 Å². The van der Waals surface area contributed by atoms with Crippen molar-refractivity contribution < 1.29 is 4.74 Å². The molecule has 0 saturated heterocycles. The average Bonchev–Trinajstić information content (AvgIpc) is 2.62. The monoisotopic (exact) mass is 266 g/mol. The third kappa shape index (κ3) is 2.36. The first kappa shape index (κ1) is 12.6. The van der Waals surface area contributed by atoms with Gasteiger partial charge in [-0.1, -0.05) is 11.6 Å². The van der Waals surface area contributed by atoms with Crippen LogP contribution in [0, 0.1) is 13.8 Å². The molecular weight excluding hydrogens is 252 g/mol. The van der Waals surface area contributed by atoms with Crippen LogP contribution < -0.4 is 15.8 Å². The number of anilines is 3. The van der Waals surface area contributed by atoms with Gasteiger partial charge in [-0.05, 0) is 25.5 Å². The summed E-state index contributed by atoms with van der Waals surface area (Å²) >= 11 is 6.05. The van der Waals surface area contributed by atoms with Crippen LogP contribution in [0.5, 0.6) is 5.75 Å². The molecule has 0 amide bonds. The van der Waals surface area contributed by atoms with E-state index in [1.807, 2.05) is 19.9 Å².